The zero-order valence-electron chi connectivity index (χ0n) is 6.48. The van der Waals surface area contributed by atoms with Gasteiger partial charge in [0.1, 0.15) is 4.99 Å². The zero-order chi connectivity index (χ0) is 7.82. The molecule has 0 bridgehead atoms. The average molecular weight is 158 g/mol. The first kappa shape index (κ1) is 9.43. The van der Waals surface area contributed by atoms with E-state index >= 15 is 0 Å². The predicted octanol–water partition coefficient (Wildman–Crippen LogP) is 1.05. The van der Waals surface area contributed by atoms with Gasteiger partial charge in [-0.15, -0.1) is 0 Å². The molecule has 0 spiro atoms. The Kier molecular flexibility index (Phi) is 6.18. The van der Waals surface area contributed by atoms with Crippen LogP contribution in [0.1, 0.15) is 13.8 Å². The minimum atomic E-state index is 0.781. The van der Waals surface area contributed by atoms with Crippen LogP contribution in [0, 0.1) is 0 Å². The third-order valence-corrected chi connectivity index (χ3v) is 1.19. The Morgan fingerprint density at radius 2 is 2.10 bits per heavy atom. The average Bonchev–Trinajstić information content (AvgIpc) is 1.89. The maximum absolute atomic E-state index is 4.93. The lowest BCUT2D eigenvalue weighted by Crippen LogP contribution is -2.18. The fraction of sp³-hybridized carbons (Fsp3) is 0.571. The van der Waals surface area contributed by atoms with Gasteiger partial charge in [-0.1, -0.05) is 12.2 Å². The lowest BCUT2D eigenvalue weighted by Gasteiger charge is -1.97. The van der Waals surface area contributed by atoms with Crippen LogP contribution in [-0.2, 0) is 0 Å². The summed E-state index contributed by atoms with van der Waals surface area (Å²) in [5.41, 5.74) is 0. The van der Waals surface area contributed by atoms with Gasteiger partial charge in [-0.25, -0.2) is 0 Å². The van der Waals surface area contributed by atoms with Gasteiger partial charge in [-0.2, -0.15) is 0 Å². The Balaban J connectivity index is 3.36. The molecular formula is C7H14N2S. The van der Waals surface area contributed by atoms with E-state index in [1.165, 1.54) is 0 Å². The van der Waals surface area contributed by atoms with E-state index in [-0.39, 0.29) is 0 Å². The number of thiocarbonyl (C=S) groups is 1. The molecule has 0 unspecified atom stereocenters. The number of hydrogen-bond acceptors (Lipinski definition) is 2. The molecule has 0 aliphatic carbocycles. The first-order valence-electron chi connectivity index (χ1n) is 3.49. The summed E-state index contributed by atoms with van der Waals surface area (Å²) in [7, 11) is 0. The fourth-order valence-corrected chi connectivity index (χ4v) is 0.698. The molecule has 10 heavy (non-hydrogen) atoms. The van der Waals surface area contributed by atoms with Crippen LogP contribution < -0.4 is 10.6 Å². The van der Waals surface area contributed by atoms with Gasteiger partial charge in [0.25, 0.3) is 0 Å². The third-order valence-electron chi connectivity index (χ3n) is 0.908. The van der Waals surface area contributed by atoms with Crippen molar-refractivity contribution in [2.24, 2.45) is 0 Å². The second-order valence-electron chi connectivity index (χ2n) is 1.79. The summed E-state index contributed by atoms with van der Waals surface area (Å²) in [6.07, 6.45) is 3.70. The summed E-state index contributed by atoms with van der Waals surface area (Å²) in [6, 6.07) is 0. The second kappa shape index (κ2) is 6.55. The quantitative estimate of drug-likeness (QED) is 0.472. The molecule has 0 saturated carbocycles. The Morgan fingerprint density at radius 1 is 1.40 bits per heavy atom. The normalized spacial score (nSPS) is 9.80. The topological polar surface area (TPSA) is 24.1 Å². The van der Waals surface area contributed by atoms with Crippen molar-refractivity contribution in [3.8, 4) is 0 Å². The van der Waals surface area contributed by atoms with Crippen molar-refractivity contribution < 1.29 is 0 Å². The number of rotatable bonds is 4. The Morgan fingerprint density at radius 3 is 2.60 bits per heavy atom. The molecule has 0 rings (SSSR count). The van der Waals surface area contributed by atoms with Crippen molar-refractivity contribution in [3.63, 3.8) is 0 Å². The van der Waals surface area contributed by atoms with E-state index in [9.17, 15) is 0 Å². The van der Waals surface area contributed by atoms with E-state index in [4.69, 9.17) is 12.2 Å². The van der Waals surface area contributed by atoms with Crippen molar-refractivity contribution >= 4 is 17.2 Å². The fourth-order valence-electron chi connectivity index (χ4n) is 0.486. The predicted molar refractivity (Wildman–Crippen MR) is 49.1 cm³/mol. The zero-order valence-corrected chi connectivity index (χ0v) is 7.29. The smallest absolute Gasteiger partial charge is 0.100 e. The van der Waals surface area contributed by atoms with Gasteiger partial charge in [0.2, 0.25) is 0 Å². The number of nitrogens with one attached hydrogen (secondary N) is 2. The molecule has 0 aliphatic rings. The molecule has 0 aliphatic heterocycles. The molecule has 0 radical (unpaired) electrons. The Hall–Kier alpha value is -0.570. The Bertz CT molecular complexity index is 121. The summed E-state index contributed by atoms with van der Waals surface area (Å²) in [5, 5.41) is 6.04. The highest BCUT2D eigenvalue weighted by molar-refractivity contribution is 7.80. The molecule has 2 nitrogen and oxygen atoms in total. The van der Waals surface area contributed by atoms with Gasteiger partial charge in [0.05, 0.1) is 0 Å². The molecule has 0 atom stereocenters. The summed E-state index contributed by atoms with van der Waals surface area (Å²) in [4.78, 5) is 0.781. The molecule has 0 aromatic rings. The molecule has 58 valence electrons. The monoisotopic (exact) mass is 158 g/mol. The van der Waals surface area contributed by atoms with Crippen LogP contribution >= 0.6 is 12.2 Å². The summed E-state index contributed by atoms with van der Waals surface area (Å²) >= 11 is 4.93. The Labute approximate surface area is 67.7 Å². The SMILES string of the molecule is CCNC=CC(=S)NCC. The van der Waals surface area contributed by atoms with Gasteiger partial charge in [-0.3, -0.25) is 0 Å². The van der Waals surface area contributed by atoms with Crippen LogP contribution in [0.5, 0.6) is 0 Å². The molecule has 0 aromatic heterocycles. The minimum Gasteiger partial charge on any atom is -0.391 e. The third kappa shape index (κ3) is 5.56. The van der Waals surface area contributed by atoms with Gasteiger partial charge < -0.3 is 10.6 Å². The van der Waals surface area contributed by atoms with Crippen LogP contribution in [0.25, 0.3) is 0 Å². The van der Waals surface area contributed by atoms with E-state index in [1.54, 1.807) is 0 Å². The molecule has 2 N–H and O–H groups in total. The molecule has 0 aromatic carbocycles. The van der Waals surface area contributed by atoms with Gasteiger partial charge in [0.15, 0.2) is 0 Å². The molecule has 3 heteroatoms. The van der Waals surface area contributed by atoms with Crippen molar-refractivity contribution in [2.45, 2.75) is 13.8 Å². The van der Waals surface area contributed by atoms with Crippen LogP contribution in [0.2, 0.25) is 0 Å². The molecule has 0 heterocycles. The van der Waals surface area contributed by atoms with Gasteiger partial charge in [-0.05, 0) is 26.1 Å². The maximum atomic E-state index is 4.93. The van der Waals surface area contributed by atoms with E-state index in [1.807, 2.05) is 26.1 Å². The highest BCUT2D eigenvalue weighted by Gasteiger charge is 1.82. The van der Waals surface area contributed by atoms with Crippen LogP contribution in [0.15, 0.2) is 12.3 Å². The highest BCUT2D eigenvalue weighted by atomic mass is 32.1. The second-order valence-corrected chi connectivity index (χ2v) is 2.23. The van der Waals surface area contributed by atoms with E-state index in [2.05, 4.69) is 10.6 Å². The minimum absolute atomic E-state index is 0.781. The standard InChI is InChI=1S/C7H14N2S/c1-3-8-6-5-7(10)9-4-2/h5-6,8H,3-4H2,1-2H3,(H,9,10). The molecule has 0 saturated heterocycles. The van der Waals surface area contributed by atoms with Crippen molar-refractivity contribution in [1.82, 2.24) is 10.6 Å². The summed E-state index contributed by atoms with van der Waals surface area (Å²) < 4.78 is 0. The van der Waals surface area contributed by atoms with Crippen molar-refractivity contribution in [1.29, 1.82) is 0 Å². The molecule has 0 amide bonds. The van der Waals surface area contributed by atoms with Crippen LogP contribution in [0.3, 0.4) is 0 Å². The van der Waals surface area contributed by atoms with Gasteiger partial charge in [0, 0.05) is 13.1 Å². The maximum Gasteiger partial charge on any atom is 0.100 e. The summed E-state index contributed by atoms with van der Waals surface area (Å²) in [6.45, 7) is 5.88. The first-order chi connectivity index (χ1) is 4.81. The molecule has 0 fully saturated rings. The summed E-state index contributed by atoms with van der Waals surface area (Å²) in [5.74, 6) is 0. The lowest BCUT2D eigenvalue weighted by atomic mass is 10.5. The van der Waals surface area contributed by atoms with Gasteiger partial charge >= 0.3 is 0 Å². The number of hydrogen-bond donors (Lipinski definition) is 2. The number of likely N-dealkylation sites (N-methyl/N-ethyl adjacent to an activating group) is 1. The lowest BCUT2D eigenvalue weighted by molar-refractivity contribution is 0.918. The first-order valence-corrected chi connectivity index (χ1v) is 3.89. The van der Waals surface area contributed by atoms with Crippen LogP contribution in [0.4, 0.5) is 0 Å². The largest absolute Gasteiger partial charge is 0.391 e. The van der Waals surface area contributed by atoms with Crippen LogP contribution in [-0.4, -0.2) is 18.1 Å². The van der Waals surface area contributed by atoms with Crippen molar-refractivity contribution in [2.75, 3.05) is 13.1 Å². The van der Waals surface area contributed by atoms with E-state index in [0.29, 0.717) is 0 Å². The van der Waals surface area contributed by atoms with Crippen molar-refractivity contribution in [3.05, 3.63) is 12.3 Å². The van der Waals surface area contributed by atoms with E-state index in [0.717, 1.165) is 18.1 Å². The molecular weight excluding hydrogens is 144 g/mol. The highest BCUT2D eigenvalue weighted by Crippen LogP contribution is 1.73. The van der Waals surface area contributed by atoms with E-state index < -0.39 is 0 Å².